The first-order valence-electron chi connectivity index (χ1n) is 16.2. The summed E-state index contributed by atoms with van der Waals surface area (Å²) >= 11 is 0. The van der Waals surface area contributed by atoms with Crippen LogP contribution in [0.5, 0.6) is 5.75 Å². The van der Waals surface area contributed by atoms with Crippen molar-refractivity contribution in [2.24, 2.45) is 11.3 Å². The van der Waals surface area contributed by atoms with Gasteiger partial charge < -0.3 is 24.0 Å². The monoisotopic (exact) mass is 611 g/mol. The molecule has 8 nitrogen and oxygen atoms in total. The summed E-state index contributed by atoms with van der Waals surface area (Å²) in [7, 11) is 0. The zero-order valence-corrected chi connectivity index (χ0v) is 27.4. The molecular weight excluding hydrogens is 566 g/mol. The van der Waals surface area contributed by atoms with E-state index in [1.165, 1.54) is 11.1 Å². The van der Waals surface area contributed by atoms with Gasteiger partial charge in [0.05, 0.1) is 17.7 Å². The second kappa shape index (κ2) is 12.0. The Morgan fingerprint density at radius 1 is 1.07 bits per heavy atom. The van der Waals surface area contributed by atoms with E-state index in [2.05, 4.69) is 55.1 Å². The topological polar surface area (TPSA) is 81.2 Å². The van der Waals surface area contributed by atoms with E-state index in [9.17, 15) is 9.59 Å². The molecule has 45 heavy (non-hydrogen) atoms. The van der Waals surface area contributed by atoms with Gasteiger partial charge in [0.15, 0.2) is 0 Å². The van der Waals surface area contributed by atoms with Crippen LogP contribution in [0.15, 0.2) is 48.5 Å². The number of rotatable bonds is 7. The fraction of sp³-hybridized carbons (Fsp3) is 0.486. The van der Waals surface area contributed by atoms with Crippen LogP contribution in [-0.2, 0) is 33.8 Å². The number of aryl methyl sites for hydroxylation is 2. The molecule has 0 radical (unpaired) electrons. The Hall–Kier alpha value is -4.07. The molecule has 0 bridgehead atoms. The van der Waals surface area contributed by atoms with Gasteiger partial charge >= 0.3 is 12.1 Å². The van der Waals surface area contributed by atoms with E-state index in [-0.39, 0.29) is 17.5 Å². The molecule has 3 aromatic rings. The summed E-state index contributed by atoms with van der Waals surface area (Å²) in [4.78, 5) is 34.4. The normalized spacial score (nSPS) is 20.6. The molecule has 1 aliphatic carbocycles. The number of nitrogens with zero attached hydrogens (tertiary/aromatic N) is 3. The van der Waals surface area contributed by atoms with E-state index in [1.54, 1.807) is 4.90 Å². The zero-order valence-electron chi connectivity index (χ0n) is 27.4. The molecule has 2 aliphatic heterocycles. The first kappa shape index (κ1) is 30.9. The number of esters is 1. The number of amides is 1. The summed E-state index contributed by atoms with van der Waals surface area (Å²) in [6, 6.07) is 16.8. The highest BCUT2D eigenvalue weighted by molar-refractivity contribution is 5.81. The lowest BCUT2D eigenvalue weighted by atomic mass is 9.93. The standard InChI is InChI=1S/C37H45N3O5/c1-7-43-34(41)37-14-16-39(21-28(37)20-37)33-10-8-9-31(38-33)29-17-24(2)11-12-32(29)44-23-26-18-25(3)30-22-40(15-13-27(30)19-26)35(42)45-36(4,5)6/h8-12,17-19,28H,7,13-16,20-23H2,1-6H3/t28-,37+/m0/s1. The van der Waals surface area contributed by atoms with Crippen LogP contribution in [0, 0.1) is 25.2 Å². The van der Waals surface area contributed by atoms with Crippen LogP contribution in [0.3, 0.4) is 0 Å². The SMILES string of the molecule is CCOC(=O)[C@@]12CCN(c3cccc(-c4cc(C)ccc4OCc4cc(C)c5c(c4)CCN(C(=O)OC(C)(C)C)C5)n3)C[C@@H]1C2. The minimum atomic E-state index is -0.512. The van der Waals surface area contributed by atoms with Gasteiger partial charge in [-0.2, -0.15) is 0 Å². The van der Waals surface area contributed by atoms with Crippen LogP contribution in [0.25, 0.3) is 11.3 Å². The molecule has 238 valence electrons. The average Bonchev–Trinajstić information content (AvgIpc) is 3.75. The van der Waals surface area contributed by atoms with Crippen LogP contribution < -0.4 is 9.64 Å². The third-order valence-electron chi connectivity index (χ3n) is 9.32. The lowest BCUT2D eigenvalue weighted by Crippen LogP contribution is -2.40. The van der Waals surface area contributed by atoms with Gasteiger partial charge in [0.25, 0.3) is 0 Å². The molecule has 1 aromatic heterocycles. The number of carbonyl (C=O) groups is 2. The van der Waals surface area contributed by atoms with Crippen molar-refractivity contribution in [3.05, 3.63) is 76.3 Å². The number of fused-ring (bicyclic) bond motifs is 2. The van der Waals surface area contributed by atoms with Gasteiger partial charge in [0, 0.05) is 31.7 Å². The predicted molar refractivity (Wildman–Crippen MR) is 174 cm³/mol. The Morgan fingerprint density at radius 2 is 1.89 bits per heavy atom. The second-order valence-electron chi connectivity index (χ2n) is 13.8. The molecule has 8 heteroatoms. The van der Waals surface area contributed by atoms with E-state index < -0.39 is 5.60 Å². The maximum absolute atomic E-state index is 12.7. The van der Waals surface area contributed by atoms with E-state index in [1.807, 2.05) is 39.8 Å². The number of pyridine rings is 1. The van der Waals surface area contributed by atoms with Crippen molar-refractivity contribution in [3.63, 3.8) is 0 Å². The first-order valence-corrected chi connectivity index (χ1v) is 16.2. The summed E-state index contributed by atoms with van der Waals surface area (Å²) < 4.78 is 17.5. The largest absolute Gasteiger partial charge is 0.488 e. The molecule has 1 saturated carbocycles. The molecule has 2 fully saturated rings. The lowest BCUT2D eigenvalue weighted by molar-refractivity contribution is -0.150. The van der Waals surface area contributed by atoms with Gasteiger partial charge in [-0.25, -0.2) is 9.78 Å². The fourth-order valence-electron chi connectivity index (χ4n) is 6.84. The first-order chi connectivity index (χ1) is 21.5. The molecule has 2 aromatic carbocycles. The molecule has 3 heterocycles. The van der Waals surface area contributed by atoms with Gasteiger partial charge in [-0.3, -0.25) is 4.79 Å². The van der Waals surface area contributed by atoms with Crippen molar-refractivity contribution in [1.29, 1.82) is 0 Å². The molecule has 0 N–H and O–H groups in total. The quantitative estimate of drug-likeness (QED) is 0.266. The second-order valence-corrected chi connectivity index (χ2v) is 13.8. The summed E-state index contributed by atoms with van der Waals surface area (Å²) in [6.45, 7) is 15.4. The van der Waals surface area contributed by atoms with Crippen molar-refractivity contribution in [2.45, 2.75) is 79.6 Å². The van der Waals surface area contributed by atoms with E-state index in [0.717, 1.165) is 71.9 Å². The van der Waals surface area contributed by atoms with Gasteiger partial charge in [-0.15, -0.1) is 0 Å². The van der Waals surface area contributed by atoms with Crippen molar-refractivity contribution >= 4 is 17.9 Å². The number of hydrogen-bond acceptors (Lipinski definition) is 7. The van der Waals surface area contributed by atoms with E-state index >= 15 is 0 Å². The maximum atomic E-state index is 12.7. The molecule has 1 amide bonds. The highest BCUT2D eigenvalue weighted by atomic mass is 16.6. The van der Waals surface area contributed by atoms with Crippen molar-refractivity contribution in [2.75, 3.05) is 31.1 Å². The smallest absolute Gasteiger partial charge is 0.410 e. The minimum absolute atomic E-state index is 0.0326. The highest BCUT2D eigenvalue weighted by Gasteiger charge is 2.63. The van der Waals surface area contributed by atoms with Crippen molar-refractivity contribution in [3.8, 4) is 17.0 Å². The number of benzene rings is 2. The summed E-state index contributed by atoms with van der Waals surface area (Å²) in [5.41, 5.74) is 6.88. The Labute approximate surface area is 266 Å². The predicted octanol–water partition coefficient (Wildman–Crippen LogP) is 7.02. The molecule has 0 spiro atoms. The Balaban J connectivity index is 1.15. The number of aromatic nitrogens is 1. The molecule has 6 rings (SSSR count). The van der Waals surface area contributed by atoms with Crippen LogP contribution in [0.4, 0.5) is 10.6 Å². The lowest BCUT2D eigenvalue weighted by Gasteiger charge is -2.32. The van der Waals surface area contributed by atoms with Crippen molar-refractivity contribution < 1.29 is 23.8 Å². The number of piperidine rings is 1. The number of ether oxygens (including phenoxy) is 3. The Kier molecular flexibility index (Phi) is 8.27. The van der Waals surface area contributed by atoms with Crippen LogP contribution >= 0.6 is 0 Å². The summed E-state index contributed by atoms with van der Waals surface area (Å²) in [6.07, 6.45) is 2.23. The van der Waals surface area contributed by atoms with Crippen molar-refractivity contribution in [1.82, 2.24) is 9.88 Å². The Morgan fingerprint density at radius 3 is 2.64 bits per heavy atom. The number of hydrogen-bond donors (Lipinski definition) is 0. The van der Waals surface area contributed by atoms with Gasteiger partial charge in [-0.05, 0) is 113 Å². The third kappa shape index (κ3) is 6.51. The van der Waals surface area contributed by atoms with Crippen LogP contribution in [-0.4, -0.2) is 53.8 Å². The van der Waals surface area contributed by atoms with Crippen LogP contribution in [0.1, 0.15) is 68.4 Å². The third-order valence-corrected chi connectivity index (χ3v) is 9.32. The maximum Gasteiger partial charge on any atom is 0.410 e. The number of anilines is 1. The molecule has 0 unspecified atom stereocenters. The molecular formula is C37H45N3O5. The van der Waals surface area contributed by atoms with Crippen LogP contribution in [0.2, 0.25) is 0 Å². The molecule has 2 atom stereocenters. The molecule has 1 saturated heterocycles. The van der Waals surface area contributed by atoms with Gasteiger partial charge in [0.1, 0.15) is 23.8 Å². The van der Waals surface area contributed by atoms with E-state index in [4.69, 9.17) is 19.2 Å². The zero-order chi connectivity index (χ0) is 31.9. The average molecular weight is 612 g/mol. The minimum Gasteiger partial charge on any atom is -0.488 e. The summed E-state index contributed by atoms with van der Waals surface area (Å²) in [5.74, 6) is 2.01. The van der Waals surface area contributed by atoms with E-state index in [0.29, 0.717) is 32.2 Å². The van der Waals surface area contributed by atoms with Gasteiger partial charge in [0.2, 0.25) is 0 Å². The highest BCUT2D eigenvalue weighted by Crippen LogP contribution is 2.59. The Bertz CT molecular complexity index is 1610. The fourth-order valence-corrected chi connectivity index (χ4v) is 6.84. The van der Waals surface area contributed by atoms with Gasteiger partial charge in [-0.1, -0.05) is 29.8 Å². The molecule has 3 aliphatic rings. The number of carbonyl (C=O) groups excluding carboxylic acids is 2. The summed E-state index contributed by atoms with van der Waals surface area (Å²) in [5, 5.41) is 0.